The van der Waals surface area contributed by atoms with E-state index in [0.717, 1.165) is 0 Å². The average Bonchev–Trinajstić information content (AvgIpc) is 2.40. The Morgan fingerprint density at radius 3 is 3.06 bits per heavy atom. The van der Waals surface area contributed by atoms with E-state index in [9.17, 15) is 9.18 Å². The lowest BCUT2D eigenvalue weighted by Gasteiger charge is -2.23. The molecule has 1 amide bonds. The number of ether oxygens (including phenoxy) is 2. The summed E-state index contributed by atoms with van der Waals surface area (Å²) in [5.74, 6) is -1.04. The molecule has 1 saturated heterocycles. The molecule has 6 heteroatoms. The van der Waals surface area contributed by atoms with Gasteiger partial charge >= 0.3 is 0 Å². The van der Waals surface area contributed by atoms with Gasteiger partial charge in [-0.3, -0.25) is 4.79 Å². The third kappa shape index (κ3) is 3.44. The zero-order chi connectivity index (χ0) is 13.0. The molecular weight excluding hydrogens is 257 g/mol. The second kappa shape index (κ2) is 6.17. The lowest BCUT2D eigenvalue weighted by atomic mass is 10.2. The highest BCUT2D eigenvalue weighted by Gasteiger charge is 2.17. The summed E-state index contributed by atoms with van der Waals surface area (Å²) in [7, 11) is 0. The van der Waals surface area contributed by atoms with Crippen molar-refractivity contribution in [3.8, 4) is 0 Å². The standard InChI is InChI=1S/C12H14FNO3S/c13-11-2-1-9(18)5-10(11)12(15)14-6-8-7-16-3-4-17-8/h1-2,5,8,18H,3-4,6-7H2,(H,14,15). The number of halogens is 1. The van der Waals surface area contributed by atoms with Crippen LogP contribution < -0.4 is 5.32 Å². The van der Waals surface area contributed by atoms with Crippen LogP contribution in [-0.4, -0.2) is 38.4 Å². The molecule has 0 bridgehead atoms. The summed E-state index contributed by atoms with van der Waals surface area (Å²) >= 11 is 4.07. The van der Waals surface area contributed by atoms with Crippen LogP contribution in [0, 0.1) is 5.82 Å². The summed E-state index contributed by atoms with van der Waals surface area (Å²) in [6.07, 6.45) is -0.176. The minimum absolute atomic E-state index is 0.0146. The van der Waals surface area contributed by atoms with Gasteiger partial charge in [-0.2, -0.15) is 0 Å². The van der Waals surface area contributed by atoms with Crippen LogP contribution in [0.2, 0.25) is 0 Å². The molecule has 98 valence electrons. The summed E-state index contributed by atoms with van der Waals surface area (Å²) in [5.41, 5.74) is -0.0146. The van der Waals surface area contributed by atoms with Crippen molar-refractivity contribution in [2.24, 2.45) is 0 Å². The number of rotatable bonds is 3. The first-order valence-corrected chi connectivity index (χ1v) is 6.07. The topological polar surface area (TPSA) is 47.6 Å². The maximum absolute atomic E-state index is 13.4. The van der Waals surface area contributed by atoms with Gasteiger partial charge in [0.15, 0.2) is 0 Å². The van der Waals surface area contributed by atoms with E-state index in [4.69, 9.17) is 9.47 Å². The summed E-state index contributed by atoms with van der Waals surface area (Å²) in [5, 5.41) is 2.62. The van der Waals surface area contributed by atoms with Gasteiger partial charge in [-0.1, -0.05) is 0 Å². The Kier molecular flexibility index (Phi) is 4.57. The minimum atomic E-state index is -0.564. The molecule has 1 unspecified atom stereocenters. The lowest BCUT2D eigenvalue weighted by Crippen LogP contribution is -2.39. The first-order chi connectivity index (χ1) is 8.66. The van der Waals surface area contributed by atoms with Crippen molar-refractivity contribution < 1.29 is 18.7 Å². The molecule has 0 aromatic heterocycles. The third-order valence-electron chi connectivity index (χ3n) is 2.57. The molecule has 18 heavy (non-hydrogen) atoms. The minimum Gasteiger partial charge on any atom is -0.376 e. The molecule has 1 aromatic carbocycles. The van der Waals surface area contributed by atoms with Crippen molar-refractivity contribution in [2.75, 3.05) is 26.4 Å². The predicted octanol–water partition coefficient (Wildman–Crippen LogP) is 1.26. The number of thiol groups is 1. The molecule has 1 heterocycles. The summed E-state index contributed by atoms with van der Waals surface area (Å²) in [6.45, 7) is 1.83. The van der Waals surface area contributed by atoms with Crippen LogP contribution in [0.4, 0.5) is 4.39 Å². The molecule has 1 aliphatic heterocycles. The van der Waals surface area contributed by atoms with E-state index in [1.165, 1.54) is 18.2 Å². The summed E-state index contributed by atoms with van der Waals surface area (Å²) in [6, 6.07) is 4.11. The highest BCUT2D eigenvalue weighted by Crippen LogP contribution is 2.13. The van der Waals surface area contributed by atoms with Crippen LogP contribution in [0.3, 0.4) is 0 Å². The van der Waals surface area contributed by atoms with Crippen LogP contribution in [0.5, 0.6) is 0 Å². The van der Waals surface area contributed by atoms with E-state index in [1.54, 1.807) is 0 Å². The quantitative estimate of drug-likeness (QED) is 0.814. The third-order valence-corrected chi connectivity index (χ3v) is 2.85. The van der Waals surface area contributed by atoms with Crippen molar-refractivity contribution in [1.29, 1.82) is 0 Å². The van der Waals surface area contributed by atoms with E-state index in [1.807, 2.05) is 0 Å². The lowest BCUT2D eigenvalue weighted by molar-refractivity contribution is -0.0855. The second-order valence-corrected chi connectivity index (χ2v) is 4.46. The van der Waals surface area contributed by atoms with Gasteiger partial charge in [0, 0.05) is 11.4 Å². The molecular formula is C12H14FNO3S. The highest BCUT2D eigenvalue weighted by atomic mass is 32.1. The van der Waals surface area contributed by atoms with E-state index in [-0.39, 0.29) is 11.7 Å². The molecule has 2 rings (SSSR count). The van der Waals surface area contributed by atoms with E-state index >= 15 is 0 Å². The van der Waals surface area contributed by atoms with Gasteiger partial charge in [0.25, 0.3) is 5.91 Å². The zero-order valence-corrected chi connectivity index (χ0v) is 10.6. The molecule has 1 aliphatic rings. The number of nitrogens with one attached hydrogen (secondary N) is 1. The summed E-state index contributed by atoms with van der Waals surface area (Å²) < 4.78 is 24.0. The fourth-order valence-corrected chi connectivity index (χ4v) is 1.85. The van der Waals surface area contributed by atoms with Gasteiger partial charge in [0.2, 0.25) is 0 Å². The Morgan fingerprint density at radius 2 is 2.33 bits per heavy atom. The van der Waals surface area contributed by atoms with Gasteiger partial charge < -0.3 is 14.8 Å². The first-order valence-electron chi connectivity index (χ1n) is 5.63. The van der Waals surface area contributed by atoms with E-state index in [0.29, 0.717) is 31.3 Å². The second-order valence-electron chi connectivity index (χ2n) is 3.94. The Bertz CT molecular complexity index is 435. The monoisotopic (exact) mass is 271 g/mol. The van der Waals surface area contributed by atoms with Crippen LogP contribution in [0.25, 0.3) is 0 Å². The molecule has 0 saturated carbocycles. The van der Waals surface area contributed by atoms with Gasteiger partial charge in [0.05, 0.1) is 31.5 Å². The highest BCUT2D eigenvalue weighted by molar-refractivity contribution is 7.80. The van der Waals surface area contributed by atoms with Crippen LogP contribution in [0.1, 0.15) is 10.4 Å². The van der Waals surface area contributed by atoms with Crippen LogP contribution in [0.15, 0.2) is 23.1 Å². The number of benzene rings is 1. The fraction of sp³-hybridized carbons (Fsp3) is 0.417. The fourth-order valence-electron chi connectivity index (χ4n) is 1.64. The van der Waals surface area contributed by atoms with Gasteiger partial charge in [0.1, 0.15) is 5.82 Å². The molecule has 0 aliphatic carbocycles. The molecule has 1 N–H and O–H groups in total. The normalized spacial score (nSPS) is 19.6. The number of carbonyl (C=O) groups is 1. The number of hydrogen-bond donors (Lipinski definition) is 2. The maximum atomic E-state index is 13.4. The van der Waals surface area contributed by atoms with Crippen molar-refractivity contribution >= 4 is 18.5 Å². The Balaban J connectivity index is 1.92. The van der Waals surface area contributed by atoms with Crippen LogP contribution >= 0.6 is 12.6 Å². The number of carbonyl (C=O) groups excluding carboxylic acids is 1. The van der Waals surface area contributed by atoms with E-state index in [2.05, 4.69) is 17.9 Å². The largest absolute Gasteiger partial charge is 0.376 e. The molecule has 1 atom stereocenters. The first kappa shape index (κ1) is 13.3. The molecule has 4 nitrogen and oxygen atoms in total. The van der Waals surface area contributed by atoms with Crippen molar-refractivity contribution in [3.63, 3.8) is 0 Å². The van der Waals surface area contributed by atoms with Gasteiger partial charge in [-0.25, -0.2) is 4.39 Å². The molecule has 0 spiro atoms. The zero-order valence-electron chi connectivity index (χ0n) is 9.69. The SMILES string of the molecule is O=C(NCC1COCCO1)c1cc(S)ccc1F. The number of amides is 1. The smallest absolute Gasteiger partial charge is 0.254 e. The Hall–Kier alpha value is -1.11. The van der Waals surface area contributed by atoms with Crippen LogP contribution in [-0.2, 0) is 9.47 Å². The number of hydrogen-bond acceptors (Lipinski definition) is 4. The molecule has 1 aromatic rings. The molecule has 0 radical (unpaired) electrons. The van der Waals surface area contributed by atoms with E-state index < -0.39 is 11.7 Å². The Morgan fingerprint density at radius 1 is 1.50 bits per heavy atom. The predicted molar refractivity (Wildman–Crippen MR) is 66.5 cm³/mol. The van der Waals surface area contributed by atoms with Gasteiger partial charge in [-0.05, 0) is 18.2 Å². The van der Waals surface area contributed by atoms with Crippen molar-refractivity contribution in [3.05, 3.63) is 29.6 Å². The van der Waals surface area contributed by atoms with Crippen molar-refractivity contribution in [1.82, 2.24) is 5.32 Å². The summed E-state index contributed by atoms with van der Waals surface area (Å²) in [4.78, 5) is 12.3. The van der Waals surface area contributed by atoms with Crippen molar-refractivity contribution in [2.45, 2.75) is 11.0 Å². The Labute approximate surface area is 110 Å². The maximum Gasteiger partial charge on any atom is 0.254 e. The average molecular weight is 271 g/mol. The van der Waals surface area contributed by atoms with Gasteiger partial charge in [-0.15, -0.1) is 12.6 Å². The molecule has 1 fully saturated rings.